The van der Waals surface area contributed by atoms with Gasteiger partial charge in [-0.25, -0.2) is 0 Å². The molecule has 0 heterocycles. The molecule has 2 atom stereocenters. The SMILES string of the molecule is CO[Si](C)(C)O[SiH](C)O[Si](C)(C)CCCC(C)(O)C(=O)c1ccccc1. The normalized spacial score (nSPS) is 16.2. The van der Waals surface area contributed by atoms with Gasteiger partial charge in [0, 0.05) is 12.7 Å². The van der Waals surface area contributed by atoms with Crippen LogP contribution in [0.25, 0.3) is 0 Å². The standard InChI is InChI=1S/C18H34O5Si3/c1-18(20,17(19)16-12-9-8-10-13-16)14-11-15-25(4,5)22-24(3)23-26(6,7)21-2/h8-10,12-13,20,24H,11,14-15H2,1-7H3. The Morgan fingerprint density at radius 2 is 1.73 bits per heavy atom. The molecule has 0 saturated carbocycles. The molecule has 0 amide bonds. The van der Waals surface area contributed by atoms with Gasteiger partial charge >= 0.3 is 8.56 Å². The summed E-state index contributed by atoms with van der Waals surface area (Å²) in [5.41, 5.74) is -0.803. The molecule has 0 aromatic heterocycles. The molecule has 0 aliphatic carbocycles. The summed E-state index contributed by atoms with van der Waals surface area (Å²) in [4.78, 5) is 12.5. The fourth-order valence-corrected chi connectivity index (χ4v) is 12.2. The van der Waals surface area contributed by atoms with Gasteiger partial charge in [0.2, 0.25) is 0 Å². The van der Waals surface area contributed by atoms with Crippen LogP contribution in [0, 0.1) is 0 Å². The van der Waals surface area contributed by atoms with Crippen LogP contribution in [0.2, 0.25) is 38.8 Å². The van der Waals surface area contributed by atoms with Crippen LogP contribution in [0.4, 0.5) is 0 Å². The van der Waals surface area contributed by atoms with Crippen LogP contribution in [0.1, 0.15) is 30.1 Å². The van der Waals surface area contributed by atoms with Gasteiger partial charge in [-0.2, -0.15) is 0 Å². The first kappa shape index (κ1) is 23.4. The molecule has 0 bridgehead atoms. The number of rotatable bonds is 11. The van der Waals surface area contributed by atoms with Gasteiger partial charge in [-0.1, -0.05) is 36.8 Å². The number of aliphatic hydroxyl groups is 1. The van der Waals surface area contributed by atoms with Crippen molar-refractivity contribution in [3.05, 3.63) is 35.9 Å². The molecule has 0 aliphatic heterocycles. The number of ketones is 1. The molecule has 5 nitrogen and oxygen atoms in total. The second-order valence-electron chi connectivity index (χ2n) is 7.99. The molecule has 0 spiro atoms. The van der Waals surface area contributed by atoms with E-state index in [0.717, 1.165) is 12.5 Å². The first-order valence-electron chi connectivity index (χ1n) is 9.11. The van der Waals surface area contributed by atoms with Crippen molar-refractivity contribution in [2.75, 3.05) is 7.11 Å². The minimum absolute atomic E-state index is 0.225. The number of hydrogen-bond acceptors (Lipinski definition) is 5. The van der Waals surface area contributed by atoms with E-state index in [1.807, 2.05) is 37.8 Å². The smallest absolute Gasteiger partial charge is 0.322 e. The average molecular weight is 415 g/mol. The Morgan fingerprint density at radius 3 is 2.27 bits per heavy atom. The number of carbonyl (C=O) groups is 1. The summed E-state index contributed by atoms with van der Waals surface area (Å²) in [6.07, 6.45) is 1.17. The van der Waals surface area contributed by atoms with Gasteiger partial charge in [-0.15, -0.1) is 0 Å². The third-order valence-electron chi connectivity index (χ3n) is 4.39. The number of carbonyl (C=O) groups excluding carboxylic acids is 1. The van der Waals surface area contributed by atoms with Crippen LogP contribution >= 0.6 is 0 Å². The summed E-state index contributed by atoms with van der Waals surface area (Å²) in [5, 5.41) is 10.6. The molecular formula is C18H34O5Si3. The second kappa shape index (κ2) is 9.54. The first-order chi connectivity index (χ1) is 11.9. The lowest BCUT2D eigenvalue weighted by Crippen LogP contribution is -2.45. The zero-order valence-electron chi connectivity index (χ0n) is 17.2. The Kier molecular flexibility index (Phi) is 8.59. The van der Waals surface area contributed by atoms with E-state index in [-0.39, 0.29) is 5.78 Å². The minimum atomic E-state index is -2.08. The van der Waals surface area contributed by atoms with E-state index < -0.39 is 31.8 Å². The lowest BCUT2D eigenvalue weighted by molar-refractivity contribution is 0.0363. The van der Waals surface area contributed by atoms with E-state index in [1.54, 1.807) is 26.2 Å². The van der Waals surface area contributed by atoms with Gasteiger partial charge in [0.1, 0.15) is 5.60 Å². The van der Waals surface area contributed by atoms with Crippen molar-refractivity contribution in [3.63, 3.8) is 0 Å². The van der Waals surface area contributed by atoms with E-state index in [2.05, 4.69) is 13.1 Å². The van der Waals surface area contributed by atoms with Gasteiger partial charge in [0.15, 0.2) is 14.1 Å². The molecule has 0 saturated heterocycles. The topological polar surface area (TPSA) is 65.0 Å². The van der Waals surface area contributed by atoms with Crippen LogP contribution in [0.5, 0.6) is 0 Å². The van der Waals surface area contributed by atoms with Crippen LogP contribution in [0.3, 0.4) is 0 Å². The Hall–Kier alpha value is -0.619. The lowest BCUT2D eigenvalue weighted by Gasteiger charge is -2.32. The highest BCUT2D eigenvalue weighted by Gasteiger charge is 2.34. The van der Waals surface area contributed by atoms with Crippen molar-refractivity contribution in [1.29, 1.82) is 0 Å². The van der Waals surface area contributed by atoms with Gasteiger partial charge in [0.25, 0.3) is 9.28 Å². The van der Waals surface area contributed by atoms with Gasteiger partial charge in [-0.05, 0) is 52.1 Å². The van der Waals surface area contributed by atoms with E-state index in [0.29, 0.717) is 12.0 Å². The van der Waals surface area contributed by atoms with Crippen molar-refractivity contribution in [2.24, 2.45) is 0 Å². The van der Waals surface area contributed by atoms with Crippen LogP contribution in [0.15, 0.2) is 30.3 Å². The summed E-state index contributed by atoms with van der Waals surface area (Å²) < 4.78 is 17.7. The van der Waals surface area contributed by atoms with Crippen molar-refractivity contribution < 1.29 is 22.6 Å². The maximum absolute atomic E-state index is 12.5. The second-order valence-corrected chi connectivity index (χ2v) is 18.2. The molecule has 0 radical (unpaired) electrons. The molecule has 8 heteroatoms. The maximum atomic E-state index is 12.5. The molecular weight excluding hydrogens is 380 g/mol. The molecule has 26 heavy (non-hydrogen) atoms. The number of Topliss-reactive ketones (excluding diaryl/α,β-unsaturated/α-hetero) is 1. The highest BCUT2D eigenvalue weighted by Crippen LogP contribution is 2.24. The van der Waals surface area contributed by atoms with Crippen molar-refractivity contribution in [3.8, 4) is 0 Å². The van der Waals surface area contributed by atoms with E-state index in [1.165, 1.54) is 0 Å². The molecule has 2 unspecified atom stereocenters. The Balaban J connectivity index is 2.53. The monoisotopic (exact) mass is 414 g/mol. The molecule has 0 aliphatic rings. The molecule has 148 valence electrons. The first-order valence-corrected chi connectivity index (χ1v) is 17.1. The fourth-order valence-electron chi connectivity index (χ4n) is 2.85. The number of hydrogen-bond donors (Lipinski definition) is 1. The van der Waals surface area contributed by atoms with Crippen molar-refractivity contribution in [1.82, 2.24) is 0 Å². The lowest BCUT2D eigenvalue weighted by atomic mass is 9.91. The molecule has 1 N–H and O–H groups in total. The predicted molar refractivity (Wildman–Crippen MR) is 113 cm³/mol. The minimum Gasteiger partial charge on any atom is -0.439 e. The summed E-state index contributed by atoms with van der Waals surface area (Å²) >= 11 is 0. The summed E-state index contributed by atoms with van der Waals surface area (Å²) in [6, 6.07) is 9.84. The summed E-state index contributed by atoms with van der Waals surface area (Å²) in [5.74, 6) is -0.225. The van der Waals surface area contributed by atoms with Crippen molar-refractivity contribution >= 4 is 31.9 Å². The van der Waals surface area contributed by atoms with E-state index in [9.17, 15) is 9.90 Å². The molecule has 1 aromatic rings. The Bertz CT molecular complexity index is 575. The molecule has 1 rings (SSSR count). The van der Waals surface area contributed by atoms with Gasteiger partial charge in [-0.3, -0.25) is 4.79 Å². The van der Waals surface area contributed by atoms with Crippen LogP contribution in [-0.2, 0) is 12.7 Å². The highest BCUT2D eigenvalue weighted by atomic mass is 28.5. The van der Waals surface area contributed by atoms with Crippen LogP contribution < -0.4 is 0 Å². The van der Waals surface area contributed by atoms with E-state index >= 15 is 0 Å². The van der Waals surface area contributed by atoms with Gasteiger partial charge < -0.3 is 17.8 Å². The largest absolute Gasteiger partial charge is 0.439 e. The number of benzene rings is 1. The van der Waals surface area contributed by atoms with Gasteiger partial charge in [0.05, 0.1) is 0 Å². The Morgan fingerprint density at radius 1 is 1.15 bits per heavy atom. The quantitative estimate of drug-likeness (QED) is 0.440. The fraction of sp³-hybridized carbons (Fsp3) is 0.611. The highest BCUT2D eigenvalue weighted by molar-refractivity contribution is 6.79. The predicted octanol–water partition coefficient (Wildman–Crippen LogP) is 3.84. The zero-order valence-corrected chi connectivity index (χ0v) is 20.3. The van der Waals surface area contributed by atoms with E-state index in [4.69, 9.17) is 12.7 Å². The maximum Gasteiger partial charge on any atom is 0.322 e. The zero-order chi connectivity index (χ0) is 20.0. The Labute approximate surface area is 161 Å². The molecule has 1 aromatic carbocycles. The summed E-state index contributed by atoms with van der Waals surface area (Å²) in [6.45, 7) is 12.0. The molecule has 0 fully saturated rings. The van der Waals surface area contributed by atoms with Crippen molar-refractivity contribution in [2.45, 2.75) is 64.1 Å². The summed E-state index contributed by atoms with van der Waals surface area (Å²) in [7, 11) is -4.06. The average Bonchev–Trinajstić information content (AvgIpc) is 2.53. The third kappa shape index (κ3) is 7.95. The third-order valence-corrected chi connectivity index (χ3v) is 14.4. The van der Waals surface area contributed by atoms with Crippen LogP contribution in [-0.4, -0.2) is 49.8 Å².